The maximum absolute atomic E-state index is 12.6. The SMILES string of the molecule is CCCCC/C=C\C/C=C\C/C=C\C/C=C\C/C=C\CCC(=O)O[C@H](COC(=O)CCCCCCCCCCCCCC)COP(=O)(O)OC[C@H](N)C(=O)O. The molecule has 0 fully saturated rings. The first-order valence-corrected chi connectivity index (χ1v) is 22.3. The molecular formula is C43H74NO10P. The Bertz CT molecular complexity index is 1170. The molecule has 0 bridgehead atoms. The molecule has 3 atom stereocenters. The topological polar surface area (TPSA) is 172 Å². The Kier molecular flexibility index (Phi) is 36.1. The van der Waals surface area contributed by atoms with Gasteiger partial charge >= 0.3 is 25.7 Å². The Labute approximate surface area is 332 Å². The number of phosphoric ester groups is 1. The first-order valence-electron chi connectivity index (χ1n) is 20.8. The molecule has 0 aliphatic rings. The number of carbonyl (C=O) groups excluding carboxylic acids is 2. The predicted molar refractivity (Wildman–Crippen MR) is 221 cm³/mol. The molecule has 316 valence electrons. The molecule has 4 N–H and O–H groups in total. The second kappa shape index (κ2) is 38.1. The van der Waals surface area contributed by atoms with E-state index in [0.717, 1.165) is 51.4 Å². The summed E-state index contributed by atoms with van der Waals surface area (Å²) in [7, 11) is -4.73. The van der Waals surface area contributed by atoms with Crippen LogP contribution in [-0.4, -0.2) is 59.9 Å². The molecule has 0 radical (unpaired) electrons. The number of rotatable bonds is 38. The number of hydrogen-bond acceptors (Lipinski definition) is 9. The van der Waals surface area contributed by atoms with Crippen molar-refractivity contribution in [3.8, 4) is 0 Å². The normalized spacial score (nSPS) is 14.4. The Morgan fingerprint density at radius 2 is 1.00 bits per heavy atom. The molecule has 0 saturated heterocycles. The highest BCUT2D eigenvalue weighted by Crippen LogP contribution is 2.43. The van der Waals surface area contributed by atoms with Crippen molar-refractivity contribution in [2.75, 3.05) is 19.8 Å². The van der Waals surface area contributed by atoms with Gasteiger partial charge in [-0.05, 0) is 51.4 Å². The largest absolute Gasteiger partial charge is 0.480 e. The van der Waals surface area contributed by atoms with Gasteiger partial charge in [0, 0.05) is 12.8 Å². The van der Waals surface area contributed by atoms with E-state index in [1.165, 1.54) is 70.6 Å². The first-order chi connectivity index (χ1) is 26.6. The van der Waals surface area contributed by atoms with Crippen molar-refractivity contribution in [3.05, 3.63) is 60.8 Å². The molecule has 0 aliphatic heterocycles. The summed E-state index contributed by atoms with van der Waals surface area (Å²) in [5, 5.41) is 8.87. The zero-order valence-corrected chi connectivity index (χ0v) is 34.9. The van der Waals surface area contributed by atoms with Gasteiger partial charge in [0.2, 0.25) is 0 Å². The maximum Gasteiger partial charge on any atom is 0.472 e. The molecule has 0 aliphatic carbocycles. The number of ether oxygens (including phenoxy) is 2. The van der Waals surface area contributed by atoms with Crippen molar-refractivity contribution in [2.45, 2.75) is 174 Å². The van der Waals surface area contributed by atoms with Crippen LogP contribution in [0.15, 0.2) is 60.8 Å². The third kappa shape index (κ3) is 37.9. The van der Waals surface area contributed by atoms with Gasteiger partial charge in [0.1, 0.15) is 12.6 Å². The van der Waals surface area contributed by atoms with Crippen LogP contribution in [0.1, 0.15) is 162 Å². The van der Waals surface area contributed by atoms with Crippen molar-refractivity contribution in [3.63, 3.8) is 0 Å². The summed E-state index contributed by atoms with van der Waals surface area (Å²) in [6, 6.07) is -1.53. The van der Waals surface area contributed by atoms with Crippen LogP contribution < -0.4 is 5.73 Å². The van der Waals surface area contributed by atoms with Crippen molar-refractivity contribution in [1.29, 1.82) is 0 Å². The number of carboxylic acid groups (broad SMARTS) is 1. The Morgan fingerprint density at radius 1 is 0.564 bits per heavy atom. The summed E-state index contributed by atoms with van der Waals surface area (Å²) < 4.78 is 32.5. The molecule has 11 nitrogen and oxygen atoms in total. The molecule has 1 unspecified atom stereocenters. The van der Waals surface area contributed by atoms with Crippen LogP contribution in [0.25, 0.3) is 0 Å². The zero-order valence-electron chi connectivity index (χ0n) is 34.0. The lowest BCUT2D eigenvalue weighted by molar-refractivity contribution is -0.161. The average molecular weight is 796 g/mol. The van der Waals surface area contributed by atoms with E-state index in [0.29, 0.717) is 12.8 Å². The van der Waals surface area contributed by atoms with Gasteiger partial charge in [-0.15, -0.1) is 0 Å². The fourth-order valence-electron chi connectivity index (χ4n) is 5.22. The number of aliphatic carboxylic acids is 1. The van der Waals surface area contributed by atoms with Gasteiger partial charge in [-0.25, -0.2) is 4.57 Å². The van der Waals surface area contributed by atoms with Crippen molar-refractivity contribution >= 4 is 25.7 Å². The lowest BCUT2D eigenvalue weighted by atomic mass is 10.0. The van der Waals surface area contributed by atoms with Crippen LogP contribution in [0.3, 0.4) is 0 Å². The average Bonchev–Trinajstić information content (AvgIpc) is 3.16. The Balaban J connectivity index is 4.53. The van der Waals surface area contributed by atoms with E-state index in [9.17, 15) is 23.8 Å². The monoisotopic (exact) mass is 796 g/mol. The van der Waals surface area contributed by atoms with Crippen LogP contribution in [0, 0.1) is 0 Å². The van der Waals surface area contributed by atoms with Gasteiger partial charge in [-0.1, -0.05) is 158 Å². The molecule has 0 aromatic carbocycles. The molecule has 0 amide bonds. The molecule has 0 spiro atoms. The Morgan fingerprint density at radius 3 is 1.51 bits per heavy atom. The highest BCUT2D eigenvalue weighted by molar-refractivity contribution is 7.47. The van der Waals surface area contributed by atoms with E-state index < -0.39 is 51.1 Å². The molecular weight excluding hydrogens is 721 g/mol. The van der Waals surface area contributed by atoms with Crippen molar-refractivity contribution < 1.29 is 47.5 Å². The number of esters is 2. The highest BCUT2D eigenvalue weighted by atomic mass is 31.2. The van der Waals surface area contributed by atoms with Gasteiger partial charge in [-0.3, -0.25) is 23.4 Å². The lowest BCUT2D eigenvalue weighted by Gasteiger charge is -2.20. The van der Waals surface area contributed by atoms with E-state index in [4.69, 9.17) is 24.8 Å². The number of phosphoric acid groups is 1. The molecule has 55 heavy (non-hydrogen) atoms. The predicted octanol–water partition coefficient (Wildman–Crippen LogP) is 10.8. The van der Waals surface area contributed by atoms with Crippen molar-refractivity contribution in [2.24, 2.45) is 5.73 Å². The van der Waals surface area contributed by atoms with E-state index in [1.54, 1.807) is 0 Å². The quantitative estimate of drug-likeness (QED) is 0.0235. The number of nitrogens with two attached hydrogens (primary N) is 1. The molecule has 0 rings (SSSR count). The van der Waals surface area contributed by atoms with E-state index in [2.05, 4.69) is 67.0 Å². The van der Waals surface area contributed by atoms with Gasteiger partial charge in [0.25, 0.3) is 0 Å². The second-order valence-electron chi connectivity index (χ2n) is 13.8. The summed E-state index contributed by atoms with van der Waals surface area (Å²) in [4.78, 5) is 45.8. The van der Waals surface area contributed by atoms with Gasteiger partial charge in [0.15, 0.2) is 6.10 Å². The van der Waals surface area contributed by atoms with Gasteiger partial charge in [-0.2, -0.15) is 0 Å². The van der Waals surface area contributed by atoms with E-state index in [1.807, 2.05) is 12.2 Å². The third-order valence-electron chi connectivity index (χ3n) is 8.53. The fraction of sp³-hybridized carbons (Fsp3) is 0.698. The maximum atomic E-state index is 12.6. The highest BCUT2D eigenvalue weighted by Gasteiger charge is 2.28. The van der Waals surface area contributed by atoms with Crippen LogP contribution >= 0.6 is 7.82 Å². The third-order valence-corrected chi connectivity index (χ3v) is 9.48. The minimum atomic E-state index is -4.73. The first kappa shape index (κ1) is 52.2. The number of allylic oxidation sites excluding steroid dienone is 10. The molecule has 0 saturated carbocycles. The summed E-state index contributed by atoms with van der Waals surface area (Å²) in [6.45, 7) is 2.68. The van der Waals surface area contributed by atoms with Crippen LogP contribution in [0.2, 0.25) is 0 Å². The summed E-state index contributed by atoms with van der Waals surface area (Å²) >= 11 is 0. The fourth-order valence-corrected chi connectivity index (χ4v) is 6.00. The summed E-state index contributed by atoms with van der Waals surface area (Å²) in [5.41, 5.74) is 5.32. The van der Waals surface area contributed by atoms with Crippen LogP contribution in [0.5, 0.6) is 0 Å². The Hall–Kier alpha value is -2.82. The lowest BCUT2D eigenvalue weighted by Crippen LogP contribution is -2.34. The van der Waals surface area contributed by atoms with Gasteiger partial charge in [0.05, 0.1) is 13.2 Å². The number of unbranched alkanes of at least 4 members (excludes halogenated alkanes) is 14. The minimum Gasteiger partial charge on any atom is -0.480 e. The number of hydrogen-bond donors (Lipinski definition) is 3. The van der Waals surface area contributed by atoms with Gasteiger partial charge < -0.3 is 25.2 Å². The molecule has 0 aromatic rings. The minimum absolute atomic E-state index is 0.0369. The number of carbonyl (C=O) groups is 3. The molecule has 0 heterocycles. The van der Waals surface area contributed by atoms with Crippen LogP contribution in [-0.2, 0) is 37.5 Å². The smallest absolute Gasteiger partial charge is 0.472 e. The summed E-state index contributed by atoms with van der Waals surface area (Å²) in [5.74, 6) is -2.49. The van der Waals surface area contributed by atoms with Crippen molar-refractivity contribution in [1.82, 2.24) is 0 Å². The molecule has 0 aromatic heterocycles. The molecule has 12 heteroatoms. The van der Waals surface area contributed by atoms with E-state index in [-0.39, 0.29) is 19.4 Å². The summed E-state index contributed by atoms with van der Waals surface area (Å²) in [6.07, 6.45) is 43.0. The standard InChI is InChI=1S/C43H74NO10P/c1-3-5-7-9-11-13-15-17-18-19-20-21-22-23-25-27-29-31-33-35-42(46)54-39(37-52-55(49,50)53-38-40(44)43(47)48)36-51-41(45)34-32-30-28-26-24-16-14-12-10-8-6-4-2/h11,13,17-18,20-21,23,25,29,31,39-40H,3-10,12,14-16,19,22,24,26-28,30,32-38,44H2,1-2H3,(H,47,48)(H,49,50)/b13-11-,18-17-,21-20-,25-23-,31-29-/t39-,40+/m1/s1. The van der Waals surface area contributed by atoms with Crippen LogP contribution in [0.4, 0.5) is 0 Å². The second-order valence-corrected chi connectivity index (χ2v) is 15.2. The van der Waals surface area contributed by atoms with E-state index >= 15 is 0 Å². The zero-order chi connectivity index (χ0) is 40.7. The number of carboxylic acids is 1.